The third kappa shape index (κ3) is 4.43. The summed E-state index contributed by atoms with van der Waals surface area (Å²) in [4.78, 5) is 31.6. The van der Waals surface area contributed by atoms with Crippen LogP contribution in [0.2, 0.25) is 5.02 Å². The highest BCUT2D eigenvalue weighted by Crippen LogP contribution is 2.21. The molecule has 0 aliphatic carbocycles. The molecule has 2 aromatic rings. The summed E-state index contributed by atoms with van der Waals surface area (Å²) in [5, 5.41) is 1.06. The number of halogens is 1. The summed E-state index contributed by atoms with van der Waals surface area (Å²) in [6.45, 7) is 4.92. The summed E-state index contributed by atoms with van der Waals surface area (Å²) in [7, 11) is 1.75. The largest absolute Gasteiger partial charge is 0.336 e. The molecule has 0 saturated heterocycles. The zero-order valence-corrected chi connectivity index (χ0v) is 16.4. The first-order valence-corrected chi connectivity index (χ1v) is 9.44. The fourth-order valence-corrected chi connectivity index (χ4v) is 3.17. The van der Waals surface area contributed by atoms with Gasteiger partial charge < -0.3 is 10.6 Å². The first kappa shape index (κ1) is 20.4. The van der Waals surface area contributed by atoms with Crippen molar-refractivity contribution in [1.29, 1.82) is 0 Å². The normalized spacial score (nSPS) is 12.3. The number of nitrogens with two attached hydrogens (primary N) is 1. The van der Waals surface area contributed by atoms with Crippen LogP contribution in [-0.2, 0) is 11.3 Å². The highest BCUT2D eigenvalue weighted by molar-refractivity contribution is 6.31. The second-order valence-electron chi connectivity index (χ2n) is 6.46. The summed E-state index contributed by atoms with van der Waals surface area (Å²) in [5.41, 5.74) is 5.93. The van der Waals surface area contributed by atoms with Crippen LogP contribution in [0.25, 0.3) is 10.9 Å². The molecular weight excluding hydrogens is 352 g/mol. The number of fused-ring (bicyclic) bond motifs is 1. The number of carbonyl (C=O) groups excluding carboxylic acids is 1. The Morgan fingerprint density at radius 3 is 2.73 bits per heavy atom. The Morgan fingerprint density at radius 2 is 2.08 bits per heavy atom. The number of hydrogen-bond donors (Lipinski definition) is 1. The lowest BCUT2D eigenvalue weighted by Crippen LogP contribution is -2.35. The lowest BCUT2D eigenvalue weighted by Gasteiger charge is -2.27. The molecule has 0 aliphatic rings. The van der Waals surface area contributed by atoms with Gasteiger partial charge in [-0.25, -0.2) is 4.98 Å². The average molecular weight is 379 g/mol. The predicted molar refractivity (Wildman–Crippen MR) is 105 cm³/mol. The SMILES string of the molecule is CCn1c(C(C)N(C)C(=O)CCCCCN)nc2cc(Cl)ccc2c1=O. The predicted octanol–water partition coefficient (Wildman–Crippen LogP) is 3.11. The molecule has 2 N–H and O–H groups in total. The molecule has 2 rings (SSSR count). The van der Waals surface area contributed by atoms with Crippen molar-refractivity contribution in [2.75, 3.05) is 13.6 Å². The van der Waals surface area contributed by atoms with E-state index in [1.165, 1.54) is 0 Å². The molecule has 1 amide bonds. The van der Waals surface area contributed by atoms with E-state index in [1.807, 2.05) is 13.8 Å². The molecule has 1 aromatic heterocycles. The van der Waals surface area contributed by atoms with Gasteiger partial charge in [-0.15, -0.1) is 0 Å². The summed E-state index contributed by atoms with van der Waals surface area (Å²) < 4.78 is 1.62. The van der Waals surface area contributed by atoms with E-state index < -0.39 is 0 Å². The molecule has 142 valence electrons. The van der Waals surface area contributed by atoms with E-state index >= 15 is 0 Å². The molecule has 1 aromatic carbocycles. The fraction of sp³-hybridized carbons (Fsp3) is 0.526. The van der Waals surface area contributed by atoms with Gasteiger partial charge in [-0.2, -0.15) is 0 Å². The van der Waals surface area contributed by atoms with Gasteiger partial charge >= 0.3 is 0 Å². The van der Waals surface area contributed by atoms with Crippen LogP contribution in [0.3, 0.4) is 0 Å². The second-order valence-corrected chi connectivity index (χ2v) is 6.90. The molecule has 26 heavy (non-hydrogen) atoms. The zero-order valence-electron chi connectivity index (χ0n) is 15.7. The van der Waals surface area contributed by atoms with Crippen LogP contribution >= 0.6 is 11.6 Å². The van der Waals surface area contributed by atoms with Gasteiger partial charge in [-0.1, -0.05) is 18.0 Å². The van der Waals surface area contributed by atoms with Crippen LogP contribution in [0.4, 0.5) is 0 Å². The topological polar surface area (TPSA) is 81.2 Å². The van der Waals surface area contributed by atoms with Crippen molar-refractivity contribution in [3.63, 3.8) is 0 Å². The van der Waals surface area contributed by atoms with Crippen molar-refractivity contribution in [3.8, 4) is 0 Å². The van der Waals surface area contributed by atoms with Gasteiger partial charge in [0.15, 0.2) is 0 Å². The molecule has 0 radical (unpaired) electrons. The van der Waals surface area contributed by atoms with Crippen LogP contribution in [0.5, 0.6) is 0 Å². The van der Waals surface area contributed by atoms with Gasteiger partial charge in [0.2, 0.25) is 5.91 Å². The van der Waals surface area contributed by atoms with Crippen molar-refractivity contribution >= 4 is 28.4 Å². The van der Waals surface area contributed by atoms with E-state index in [4.69, 9.17) is 17.3 Å². The molecule has 0 spiro atoms. The van der Waals surface area contributed by atoms with Crippen molar-refractivity contribution in [2.24, 2.45) is 5.73 Å². The van der Waals surface area contributed by atoms with E-state index in [9.17, 15) is 9.59 Å². The van der Waals surface area contributed by atoms with Crippen molar-refractivity contribution in [1.82, 2.24) is 14.5 Å². The number of amides is 1. The highest BCUT2D eigenvalue weighted by atomic mass is 35.5. The third-order valence-corrected chi connectivity index (χ3v) is 4.94. The number of unbranched alkanes of at least 4 members (excludes halogenated alkanes) is 2. The molecule has 1 atom stereocenters. The van der Waals surface area contributed by atoms with Gasteiger partial charge in [0, 0.05) is 25.0 Å². The number of hydrogen-bond acceptors (Lipinski definition) is 4. The Kier molecular flexibility index (Phi) is 7.17. The maximum absolute atomic E-state index is 12.8. The van der Waals surface area contributed by atoms with Gasteiger partial charge in [0.25, 0.3) is 5.56 Å². The van der Waals surface area contributed by atoms with Gasteiger partial charge in [-0.3, -0.25) is 14.2 Å². The van der Waals surface area contributed by atoms with Gasteiger partial charge in [-0.05, 0) is 51.4 Å². The summed E-state index contributed by atoms with van der Waals surface area (Å²) in [5.74, 6) is 0.614. The monoisotopic (exact) mass is 378 g/mol. The molecule has 0 fully saturated rings. The van der Waals surface area contributed by atoms with Crippen LogP contribution in [0.1, 0.15) is 51.4 Å². The summed E-state index contributed by atoms with van der Waals surface area (Å²) in [6.07, 6.45) is 3.15. The van der Waals surface area contributed by atoms with Crippen LogP contribution in [0, 0.1) is 0 Å². The molecular formula is C19H27ClN4O2. The maximum atomic E-state index is 12.8. The number of carbonyl (C=O) groups is 1. The minimum absolute atomic E-state index is 0.0395. The molecule has 1 heterocycles. The van der Waals surface area contributed by atoms with Crippen molar-refractivity contribution < 1.29 is 4.79 Å². The van der Waals surface area contributed by atoms with E-state index in [0.717, 1.165) is 19.3 Å². The number of benzene rings is 1. The quantitative estimate of drug-likeness (QED) is 0.715. The first-order chi connectivity index (χ1) is 12.4. The Labute approximate surface area is 159 Å². The third-order valence-electron chi connectivity index (χ3n) is 4.71. The van der Waals surface area contributed by atoms with Crippen molar-refractivity contribution in [3.05, 3.63) is 39.4 Å². The maximum Gasteiger partial charge on any atom is 0.261 e. The number of rotatable bonds is 8. The fourth-order valence-electron chi connectivity index (χ4n) is 3.00. The van der Waals surface area contributed by atoms with Gasteiger partial charge in [0.05, 0.1) is 16.9 Å². The minimum Gasteiger partial charge on any atom is -0.336 e. The Balaban J connectivity index is 2.32. The molecule has 0 bridgehead atoms. The number of nitrogens with zero attached hydrogens (tertiary/aromatic N) is 3. The second kappa shape index (κ2) is 9.14. The summed E-state index contributed by atoms with van der Waals surface area (Å²) >= 11 is 6.05. The number of aromatic nitrogens is 2. The Hall–Kier alpha value is -1.92. The molecule has 0 aliphatic heterocycles. The van der Waals surface area contributed by atoms with E-state index in [1.54, 1.807) is 34.7 Å². The zero-order chi connectivity index (χ0) is 19.3. The molecule has 1 unspecified atom stereocenters. The van der Waals surface area contributed by atoms with Crippen molar-refractivity contribution in [2.45, 2.75) is 52.1 Å². The van der Waals surface area contributed by atoms with E-state index in [-0.39, 0.29) is 17.5 Å². The average Bonchev–Trinajstić information content (AvgIpc) is 2.63. The standard InChI is InChI=1S/C19H27ClN4O2/c1-4-24-18(13(2)23(3)17(25)8-6-5-7-11-21)22-16-12-14(20)9-10-15(16)19(24)26/h9-10,12-13H,4-8,11,21H2,1-3H3. The van der Waals surface area contributed by atoms with Crippen LogP contribution in [-0.4, -0.2) is 34.0 Å². The minimum atomic E-state index is -0.312. The molecule has 7 heteroatoms. The lowest BCUT2D eigenvalue weighted by molar-refractivity contribution is -0.132. The Morgan fingerprint density at radius 1 is 1.35 bits per heavy atom. The Bertz CT molecular complexity index is 834. The lowest BCUT2D eigenvalue weighted by atomic mass is 10.1. The highest BCUT2D eigenvalue weighted by Gasteiger charge is 2.22. The van der Waals surface area contributed by atoms with Crippen LogP contribution in [0.15, 0.2) is 23.0 Å². The van der Waals surface area contributed by atoms with Crippen LogP contribution < -0.4 is 11.3 Å². The van der Waals surface area contributed by atoms with E-state index in [0.29, 0.717) is 41.3 Å². The first-order valence-electron chi connectivity index (χ1n) is 9.06. The summed E-state index contributed by atoms with van der Waals surface area (Å²) in [6, 6.07) is 4.75. The van der Waals surface area contributed by atoms with Gasteiger partial charge in [0.1, 0.15) is 5.82 Å². The molecule has 0 saturated carbocycles. The smallest absolute Gasteiger partial charge is 0.261 e. The molecule has 6 nitrogen and oxygen atoms in total. The van der Waals surface area contributed by atoms with E-state index in [2.05, 4.69) is 4.98 Å².